The number of rotatable bonds is 1. The number of hydrogen-bond acceptors (Lipinski definition) is 2. The molecule has 1 fully saturated rings. The lowest BCUT2D eigenvalue weighted by molar-refractivity contribution is -0.137. The van der Waals surface area contributed by atoms with Crippen molar-refractivity contribution in [2.45, 2.75) is 12.3 Å². The first-order valence-electron chi connectivity index (χ1n) is 4.68. The van der Waals surface area contributed by atoms with Crippen LogP contribution >= 0.6 is 15.9 Å². The van der Waals surface area contributed by atoms with Crippen molar-refractivity contribution in [3.8, 4) is 0 Å². The number of carbonyl (C=O) groups excluding carboxylic acids is 1. The van der Waals surface area contributed by atoms with Gasteiger partial charge in [0.15, 0.2) is 0 Å². The highest BCUT2D eigenvalue weighted by Gasteiger charge is 2.33. The molecule has 3 nitrogen and oxygen atoms in total. The van der Waals surface area contributed by atoms with Gasteiger partial charge in [-0.05, 0) is 23.8 Å². The molecule has 1 aliphatic rings. The van der Waals surface area contributed by atoms with Crippen molar-refractivity contribution in [2.24, 2.45) is 0 Å². The van der Waals surface area contributed by atoms with E-state index in [9.17, 15) is 18.0 Å². The third-order valence-corrected chi connectivity index (χ3v) is 2.76. The van der Waals surface area contributed by atoms with Gasteiger partial charge in [0.25, 0.3) is 0 Å². The number of cyclic esters (lactones) is 1. The fraction of sp³-hybridized carbons (Fsp3) is 0.300. The van der Waals surface area contributed by atoms with Crippen molar-refractivity contribution in [2.75, 3.05) is 6.54 Å². The normalized spacial score (nSPS) is 20.0. The quantitative estimate of drug-likeness (QED) is 0.865. The van der Waals surface area contributed by atoms with E-state index in [1.807, 2.05) is 0 Å². The van der Waals surface area contributed by atoms with Crippen LogP contribution in [-0.2, 0) is 10.9 Å². The molecule has 0 spiro atoms. The van der Waals surface area contributed by atoms with Crippen LogP contribution in [0.5, 0.6) is 0 Å². The minimum absolute atomic E-state index is 0.173. The Morgan fingerprint density at radius 1 is 1.35 bits per heavy atom. The zero-order valence-electron chi connectivity index (χ0n) is 8.34. The van der Waals surface area contributed by atoms with E-state index in [1.54, 1.807) is 0 Å². The maximum atomic E-state index is 12.6. The van der Waals surface area contributed by atoms with Crippen molar-refractivity contribution >= 4 is 22.0 Å². The standard InChI is InChI=1S/C10H7BrF3NO2/c11-7-2-5(8-4-15-9(16)17-8)1-6(3-7)10(12,13)14/h1-3,8H,4H2,(H,15,16). The molecule has 92 valence electrons. The summed E-state index contributed by atoms with van der Waals surface area (Å²) < 4.78 is 42.8. The van der Waals surface area contributed by atoms with Gasteiger partial charge >= 0.3 is 12.3 Å². The lowest BCUT2D eigenvalue weighted by Crippen LogP contribution is -2.12. The summed E-state index contributed by atoms with van der Waals surface area (Å²) in [6.45, 7) is 0.173. The number of alkyl carbamates (subject to hydrolysis) is 1. The molecule has 1 N–H and O–H groups in total. The molecule has 2 rings (SSSR count). The summed E-state index contributed by atoms with van der Waals surface area (Å²) >= 11 is 3.01. The van der Waals surface area contributed by atoms with Crippen molar-refractivity contribution < 1.29 is 22.7 Å². The first kappa shape index (κ1) is 12.2. The molecule has 0 radical (unpaired) electrons. The van der Waals surface area contributed by atoms with Gasteiger partial charge in [-0.25, -0.2) is 4.79 Å². The van der Waals surface area contributed by atoms with Crippen LogP contribution in [0.1, 0.15) is 17.2 Å². The van der Waals surface area contributed by atoms with E-state index in [2.05, 4.69) is 21.2 Å². The molecule has 0 bridgehead atoms. The van der Waals surface area contributed by atoms with Gasteiger partial charge in [-0.2, -0.15) is 13.2 Å². The predicted octanol–water partition coefficient (Wildman–Crippen LogP) is 3.25. The molecular weight excluding hydrogens is 303 g/mol. The first-order chi connectivity index (χ1) is 7.86. The molecule has 1 aromatic carbocycles. The maximum Gasteiger partial charge on any atom is 0.416 e. The maximum absolute atomic E-state index is 12.6. The second kappa shape index (κ2) is 4.21. The Kier molecular flexibility index (Phi) is 3.03. The van der Waals surface area contributed by atoms with E-state index in [0.717, 1.165) is 12.1 Å². The van der Waals surface area contributed by atoms with Crippen LogP contribution in [0.4, 0.5) is 18.0 Å². The SMILES string of the molecule is O=C1NCC(c2cc(Br)cc(C(F)(F)F)c2)O1. The first-order valence-corrected chi connectivity index (χ1v) is 5.48. The Balaban J connectivity index is 2.35. The number of nitrogens with one attached hydrogen (secondary N) is 1. The van der Waals surface area contributed by atoms with Gasteiger partial charge in [0.2, 0.25) is 0 Å². The largest absolute Gasteiger partial charge is 0.439 e. The average Bonchev–Trinajstić information content (AvgIpc) is 2.62. The van der Waals surface area contributed by atoms with E-state index < -0.39 is 23.9 Å². The van der Waals surface area contributed by atoms with Crippen LogP contribution in [0.3, 0.4) is 0 Å². The Morgan fingerprint density at radius 3 is 2.59 bits per heavy atom. The van der Waals surface area contributed by atoms with Crippen LogP contribution in [0, 0.1) is 0 Å². The molecule has 1 amide bonds. The Bertz CT molecular complexity index is 461. The van der Waals surface area contributed by atoms with E-state index in [0.29, 0.717) is 10.0 Å². The van der Waals surface area contributed by atoms with Crippen molar-refractivity contribution in [3.63, 3.8) is 0 Å². The van der Waals surface area contributed by atoms with Gasteiger partial charge in [0, 0.05) is 4.47 Å². The summed E-state index contributed by atoms with van der Waals surface area (Å²) in [5, 5.41) is 2.39. The highest BCUT2D eigenvalue weighted by Crippen LogP contribution is 2.34. The zero-order chi connectivity index (χ0) is 12.6. The molecular formula is C10H7BrF3NO2. The number of benzene rings is 1. The topological polar surface area (TPSA) is 38.3 Å². The van der Waals surface area contributed by atoms with E-state index in [4.69, 9.17) is 4.74 Å². The molecule has 1 atom stereocenters. The number of alkyl halides is 3. The molecule has 0 aliphatic carbocycles. The molecule has 0 aromatic heterocycles. The second-order valence-electron chi connectivity index (χ2n) is 3.55. The summed E-state index contributed by atoms with van der Waals surface area (Å²) in [5.41, 5.74) is -0.463. The van der Waals surface area contributed by atoms with Crippen molar-refractivity contribution in [1.82, 2.24) is 5.32 Å². The number of amides is 1. The summed E-state index contributed by atoms with van der Waals surface area (Å²) in [5.74, 6) is 0. The number of halogens is 4. The molecule has 1 heterocycles. The minimum Gasteiger partial charge on any atom is -0.439 e. The lowest BCUT2D eigenvalue weighted by atomic mass is 10.1. The fourth-order valence-corrected chi connectivity index (χ4v) is 2.05. The van der Waals surface area contributed by atoms with Gasteiger partial charge < -0.3 is 10.1 Å². The highest BCUT2D eigenvalue weighted by molar-refractivity contribution is 9.10. The second-order valence-corrected chi connectivity index (χ2v) is 4.46. The van der Waals surface area contributed by atoms with E-state index >= 15 is 0 Å². The smallest absolute Gasteiger partial charge is 0.416 e. The number of ether oxygens (including phenoxy) is 1. The number of hydrogen-bond donors (Lipinski definition) is 1. The van der Waals surface area contributed by atoms with E-state index in [-0.39, 0.29) is 6.54 Å². The van der Waals surface area contributed by atoms with Crippen LogP contribution in [0.15, 0.2) is 22.7 Å². The van der Waals surface area contributed by atoms with Gasteiger partial charge in [0.1, 0.15) is 6.10 Å². The number of carbonyl (C=O) groups is 1. The van der Waals surface area contributed by atoms with Crippen molar-refractivity contribution in [3.05, 3.63) is 33.8 Å². The summed E-state index contributed by atoms with van der Waals surface area (Å²) in [6.07, 6.45) is -5.72. The molecule has 7 heteroatoms. The summed E-state index contributed by atoms with van der Waals surface area (Å²) in [6, 6.07) is 3.46. The Hall–Kier alpha value is -1.24. The predicted molar refractivity (Wildman–Crippen MR) is 56.4 cm³/mol. The average molecular weight is 310 g/mol. The van der Waals surface area contributed by atoms with Gasteiger partial charge in [-0.3, -0.25) is 0 Å². The lowest BCUT2D eigenvalue weighted by Gasteiger charge is -2.13. The van der Waals surface area contributed by atoms with Crippen LogP contribution in [0.2, 0.25) is 0 Å². The summed E-state index contributed by atoms with van der Waals surface area (Å²) in [7, 11) is 0. The Morgan fingerprint density at radius 2 is 2.06 bits per heavy atom. The molecule has 1 saturated heterocycles. The third-order valence-electron chi connectivity index (χ3n) is 2.30. The minimum atomic E-state index is -4.42. The molecule has 17 heavy (non-hydrogen) atoms. The molecule has 1 unspecified atom stereocenters. The molecule has 1 aromatic rings. The Labute approximate surface area is 103 Å². The van der Waals surface area contributed by atoms with Crippen LogP contribution < -0.4 is 5.32 Å². The zero-order valence-corrected chi connectivity index (χ0v) is 9.93. The molecule has 0 saturated carbocycles. The van der Waals surface area contributed by atoms with Crippen LogP contribution in [-0.4, -0.2) is 12.6 Å². The van der Waals surface area contributed by atoms with Gasteiger partial charge in [-0.15, -0.1) is 0 Å². The molecule has 1 aliphatic heterocycles. The van der Waals surface area contributed by atoms with Crippen molar-refractivity contribution in [1.29, 1.82) is 0 Å². The third kappa shape index (κ3) is 2.71. The van der Waals surface area contributed by atoms with Crippen LogP contribution in [0.25, 0.3) is 0 Å². The van der Waals surface area contributed by atoms with Gasteiger partial charge in [0.05, 0.1) is 12.1 Å². The van der Waals surface area contributed by atoms with Gasteiger partial charge in [-0.1, -0.05) is 15.9 Å². The highest BCUT2D eigenvalue weighted by atomic mass is 79.9. The summed E-state index contributed by atoms with van der Waals surface area (Å²) in [4.78, 5) is 10.8. The monoisotopic (exact) mass is 309 g/mol. The van der Waals surface area contributed by atoms with E-state index in [1.165, 1.54) is 6.07 Å². The fourth-order valence-electron chi connectivity index (χ4n) is 1.54.